The Labute approximate surface area is 346 Å². The van der Waals surface area contributed by atoms with Gasteiger partial charge in [-0.1, -0.05) is 191 Å². The number of hydrogen-bond acceptors (Lipinski definition) is 6. The van der Waals surface area contributed by atoms with Crippen LogP contribution >= 0.6 is 21.6 Å². The van der Waals surface area contributed by atoms with Gasteiger partial charge < -0.3 is 20.4 Å². The number of carbonyl (C=O) groups is 2. The van der Waals surface area contributed by atoms with Gasteiger partial charge in [0.2, 0.25) is 11.8 Å². The minimum atomic E-state index is 0.222. The van der Waals surface area contributed by atoms with E-state index in [9.17, 15) is 9.59 Å². The van der Waals surface area contributed by atoms with Crippen LogP contribution in [0.4, 0.5) is 0 Å². The van der Waals surface area contributed by atoms with E-state index < -0.39 is 0 Å². The van der Waals surface area contributed by atoms with E-state index in [1.807, 2.05) is 21.6 Å². The second-order valence-electron chi connectivity index (χ2n) is 15.8. The number of amides is 2. The molecule has 0 radical (unpaired) electrons. The van der Waals surface area contributed by atoms with E-state index in [4.69, 9.17) is 0 Å². The van der Waals surface area contributed by atoms with Crippen LogP contribution in [0.1, 0.15) is 220 Å². The molecular weight excluding hydrogens is 705 g/mol. The monoisotopic (exact) mass is 799 g/mol. The zero-order chi connectivity index (χ0) is 39.4. The predicted molar refractivity (Wildman–Crippen MR) is 245 cm³/mol. The number of rotatable bonds is 45. The Balaban J connectivity index is 3.27. The molecule has 0 atom stereocenters. The standard InChI is InChI=1S/C46H94N4O2S2/c1-5-49(6-2)41-33-29-25-21-17-13-9-11-15-19-23-27-31-37-45(51)47-39-35-43-53-54-44-36-40-48-46(52)38-32-28-24-20-16-12-10-14-18-22-26-30-34-42-50(7-3)8-4/h5-44H2,1-4H3,(H,47,51)(H,48,52). The second-order valence-corrected chi connectivity index (χ2v) is 18.5. The van der Waals surface area contributed by atoms with Crippen molar-refractivity contribution in [3.8, 4) is 0 Å². The molecule has 0 spiro atoms. The summed E-state index contributed by atoms with van der Waals surface area (Å²) in [6, 6.07) is 0. The van der Waals surface area contributed by atoms with Crippen molar-refractivity contribution in [2.75, 3.05) is 63.9 Å². The van der Waals surface area contributed by atoms with Gasteiger partial charge in [-0.2, -0.15) is 0 Å². The highest BCUT2D eigenvalue weighted by Crippen LogP contribution is 2.22. The lowest BCUT2D eigenvalue weighted by Gasteiger charge is -2.17. The first kappa shape index (κ1) is 53.6. The topological polar surface area (TPSA) is 64.7 Å². The maximum absolute atomic E-state index is 12.1. The van der Waals surface area contributed by atoms with Gasteiger partial charge in [-0.25, -0.2) is 0 Å². The van der Waals surface area contributed by atoms with E-state index in [0.29, 0.717) is 12.8 Å². The van der Waals surface area contributed by atoms with Gasteiger partial charge in [0.15, 0.2) is 0 Å². The SMILES string of the molecule is CCN(CC)CCCCCCCCCCCCCCCC(=O)NCCCSSCCCNC(=O)CCCCCCCCCCCCCCCN(CC)CC. The van der Waals surface area contributed by atoms with Crippen LogP contribution in [0, 0.1) is 0 Å². The molecule has 0 fully saturated rings. The summed E-state index contributed by atoms with van der Waals surface area (Å²) in [5.74, 6) is 2.57. The summed E-state index contributed by atoms with van der Waals surface area (Å²) in [6.07, 6.45) is 38.2. The molecule has 54 heavy (non-hydrogen) atoms. The highest BCUT2D eigenvalue weighted by atomic mass is 33.1. The number of carbonyl (C=O) groups excluding carboxylic acids is 2. The van der Waals surface area contributed by atoms with Crippen molar-refractivity contribution in [2.24, 2.45) is 0 Å². The zero-order valence-electron chi connectivity index (χ0n) is 36.8. The van der Waals surface area contributed by atoms with Crippen LogP contribution in [0.5, 0.6) is 0 Å². The fraction of sp³-hybridized carbons (Fsp3) is 0.957. The van der Waals surface area contributed by atoms with Gasteiger partial charge in [0, 0.05) is 37.4 Å². The third kappa shape index (κ3) is 41.2. The molecule has 322 valence electrons. The molecule has 0 bridgehead atoms. The highest BCUT2D eigenvalue weighted by molar-refractivity contribution is 8.76. The van der Waals surface area contributed by atoms with E-state index in [-0.39, 0.29) is 11.8 Å². The molecule has 0 unspecified atom stereocenters. The van der Waals surface area contributed by atoms with Crippen LogP contribution in [0.2, 0.25) is 0 Å². The van der Waals surface area contributed by atoms with Crippen LogP contribution in [0.15, 0.2) is 0 Å². The zero-order valence-corrected chi connectivity index (χ0v) is 38.4. The average molecular weight is 799 g/mol. The Hall–Kier alpha value is -0.440. The first-order chi connectivity index (χ1) is 26.6. The van der Waals surface area contributed by atoms with Crippen molar-refractivity contribution in [1.82, 2.24) is 20.4 Å². The Kier molecular flexibility index (Phi) is 44.9. The fourth-order valence-electron chi connectivity index (χ4n) is 7.22. The van der Waals surface area contributed by atoms with E-state index in [2.05, 4.69) is 48.1 Å². The molecule has 0 aliphatic rings. The number of nitrogens with zero attached hydrogens (tertiary/aromatic N) is 2. The Morgan fingerprint density at radius 3 is 0.852 bits per heavy atom. The Morgan fingerprint density at radius 1 is 0.352 bits per heavy atom. The first-order valence-corrected chi connectivity index (χ1v) is 26.3. The van der Waals surface area contributed by atoms with Crippen molar-refractivity contribution in [3.05, 3.63) is 0 Å². The molecule has 0 rings (SSSR count). The quantitative estimate of drug-likeness (QED) is 0.0472. The van der Waals surface area contributed by atoms with Gasteiger partial charge in [-0.3, -0.25) is 9.59 Å². The van der Waals surface area contributed by atoms with Crippen molar-refractivity contribution in [2.45, 2.75) is 220 Å². The molecule has 0 saturated carbocycles. The molecule has 0 heterocycles. The summed E-state index contributed by atoms with van der Waals surface area (Å²) >= 11 is 0. The largest absolute Gasteiger partial charge is 0.356 e. The highest BCUT2D eigenvalue weighted by Gasteiger charge is 2.04. The van der Waals surface area contributed by atoms with E-state index in [1.54, 1.807) is 0 Å². The fourth-order valence-corrected chi connectivity index (χ4v) is 9.40. The Morgan fingerprint density at radius 2 is 0.593 bits per heavy atom. The number of unbranched alkanes of at least 4 members (excludes halogenated alkanes) is 24. The van der Waals surface area contributed by atoms with Crippen LogP contribution < -0.4 is 10.6 Å². The minimum Gasteiger partial charge on any atom is -0.356 e. The maximum atomic E-state index is 12.1. The van der Waals surface area contributed by atoms with E-state index >= 15 is 0 Å². The third-order valence-corrected chi connectivity index (χ3v) is 13.7. The van der Waals surface area contributed by atoms with Crippen LogP contribution in [-0.2, 0) is 9.59 Å². The summed E-state index contributed by atoms with van der Waals surface area (Å²) < 4.78 is 0. The molecule has 0 aromatic heterocycles. The van der Waals surface area contributed by atoms with Gasteiger partial charge in [0.25, 0.3) is 0 Å². The summed E-state index contributed by atoms with van der Waals surface area (Å²) in [5, 5.41) is 6.20. The normalized spacial score (nSPS) is 11.6. The maximum Gasteiger partial charge on any atom is 0.219 e. The lowest BCUT2D eigenvalue weighted by Crippen LogP contribution is -2.24. The predicted octanol–water partition coefficient (Wildman–Crippen LogP) is 13.0. The number of nitrogens with one attached hydrogen (secondary N) is 2. The molecule has 6 nitrogen and oxygen atoms in total. The van der Waals surface area contributed by atoms with E-state index in [0.717, 1.165) is 50.3 Å². The van der Waals surface area contributed by atoms with Crippen molar-refractivity contribution >= 4 is 33.4 Å². The van der Waals surface area contributed by atoms with Gasteiger partial charge in [0.05, 0.1) is 0 Å². The molecule has 0 aromatic carbocycles. The summed E-state index contributed by atoms with van der Waals surface area (Å²) in [7, 11) is 3.78. The summed E-state index contributed by atoms with van der Waals surface area (Å²) in [6.45, 7) is 18.0. The van der Waals surface area contributed by atoms with Gasteiger partial charge in [-0.05, 0) is 77.8 Å². The molecule has 0 saturated heterocycles. The van der Waals surface area contributed by atoms with Gasteiger partial charge in [-0.15, -0.1) is 0 Å². The molecule has 0 aromatic rings. The molecule has 2 amide bonds. The summed E-state index contributed by atoms with van der Waals surface area (Å²) in [5.41, 5.74) is 0. The lowest BCUT2D eigenvalue weighted by atomic mass is 10.0. The Bertz CT molecular complexity index is 705. The molecule has 8 heteroatoms. The number of hydrogen-bond donors (Lipinski definition) is 2. The third-order valence-electron chi connectivity index (χ3n) is 11.1. The van der Waals surface area contributed by atoms with Crippen LogP contribution in [0.25, 0.3) is 0 Å². The average Bonchev–Trinajstić information content (AvgIpc) is 3.18. The van der Waals surface area contributed by atoms with E-state index in [1.165, 1.54) is 193 Å². The van der Waals surface area contributed by atoms with Crippen LogP contribution in [0.3, 0.4) is 0 Å². The first-order valence-electron chi connectivity index (χ1n) is 23.8. The molecule has 0 aliphatic heterocycles. The lowest BCUT2D eigenvalue weighted by molar-refractivity contribution is -0.122. The van der Waals surface area contributed by atoms with Gasteiger partial charge >= 0.3 is 0 Å². The molecular formula is C46H94N4O2S2. The van der Waals surface area contributed by atoms with Gasteiger partial charge in [0.1, 0.15) is 0 Å². The minimum absolute atomic E-state index is 0.222. The van der Waals surface area contributed by atoms with Crippen molar-refractivity contribution in [1.29, 1.82) is 0 Å². The molecule has 2 N–H and O–H groups in total. The van der Waals surface area contributed by atoms with Crippen molar-refractivity contribution < 1.29 is 9.59 Å². The van der Waals surface area contributed by atoms with Crippen molar-refractivity contribution in [3.63, 3.8) is 0 Å². The van der Waals surface area contributed by atoms with Crippen LogP contribution in [-0.4, -0.2) is 85.5 Å². The smallest absolute Gasteiger partial charge is 0.219 e. The summed E-state index contributed by atoms with van der Waals surface area (Å²) in [4.78, 5) is 29.3. The second kappa shape index (κ2) is 45.3. The molecule has 0 aliphatic carbocycles.